The molecule has 0 radical (unpaired) electrons. The van der Waals surface area contributed by atoms with Gasteiger partial charge in [-0.2, -0.15) is 26.3 Å². The van der Waals surface area contributed by atoms with Crippen LogP contribution in [0, 0.1) is 19.8 Å². The number of aryl methyl sites for hydroxylation is 2. The minimum absolute atomic E-state index is 0.0442. The summed E-state index contributed by atoms with van der Waals surface area (Å²) in [6.07, 6.45) is -9.17. The molecule has 0 aliphatic heterocycles. The Bertz CT molecular complexity index is 1390. The van der Waals surface area contributed by atoms with Crippen molar-refractivity contribution < 1.29 is 45.8 Å². The number of nitrogens with one attached hydrogen (secondary N) is 1. The Morgan fingerprint density at radius 3 is 2.18 bits per heavy atom. The summed E-state index contributed by atoms with van der Waals surface area (Å²) >= 11 is 0. The number of carbonyl (C=O) groups excluding carboxylic acids is 1. The number of carbonyl (C=O) groups is 2. The molecule has 200 valence electrons. The lowest BCUT2D eigenvalue weighted by Gasteiger charge is -2.17. The monoisotopic (exact) mass is 538 g/mol. The number of pyridine rings is 1. The van der Waals surface area contributed by atoms with E-state index < -0.39 is 53.0 Å². The number of rotatable bonds is 6. The molecule has 2 atom stereocenters. The molecule has 2 N–H and O–H groups in total. The lowest BCUT2D eigenvalue weighted by molar-refractivity contribution is -0.141. The van der Waals surface area contributed by atoms with Crippen LogP contribution in [-0.4, -0.2) is 22.0 Å². The summed E-state index contributed by atoms with van der Waals surface area (Å²) in [6.45, 7) is 2.99. The molecular formula is C26H20F6N2O4. The lowest BCUT2D eigenvalue weighted by Crippen LogP contribution is -2.19. The highest BCUT2D eigenvalue weighted by atomic mass is 19.4. The van der Waals surface area contributed by atoms with Crippen LogP contribution in [-0.2, 0) is 17.1 Å². The molecule has 12 heteroatoms. The smallest absolute Gasteiger partial charge is 0.433 e. The largest absolute Gasteiger partial charge is 0.481 e. The summed E-state index contributed by atoms with van der Waals surface area (Å²) < 4.78 is 85.1. The fourth-order valence-electron chi connectivity index (χ4n) is 4.26. The molecular weight excluding hydrogens is 518 g/mol. The van der Waals surface area contributed by atoms with E-state index in [0.717, 1.165) is 24.3 Å². The van der Waals surface area contributed by atoms with E-state index in [4.69, 9.17) is 9.84 Å². The van der Waals surface area contributed by atoms with Gasteiger partial charge in [-0.15, -0.1) is 0 Å². The van der Waals surface area contributed by atoms with E-state index in [1.807, 2.05) is 0 Å². The Kier molecular flexibility index (Phi) is 6.85. The van der Waals surface area contributed by atoms with Crippen molar-refractivity contribution in [1.82, 2.24) is 4.98 Å². The van der Waals surface area contributed by atoms with Crippen LogP contribution in [0.1, 0.15) is 50.6 Å². The van der Waals surface area contributed by atoms with Crippen LogP contribution in [0.2, 0.25) is 0 Å². The number of carboxylic acids is 1. The number of carboxylic acid groups (broad SMARTS) is 1. The molecule has 2 aromatic carbocycles. The summed E-state index contributed by atoms with van der Waals surface area (Å²) in [7, 11) is 0. The van der Waals surface area contributed by atoms with E-state index in [1.165, 1.54) is 38.1 Å². The SMILES string of the molecule is Cc1cc(Oc2cccc(C(F)(F)F)n2)cc(C)c1C(=O)Nc1cc([C@H]2C[C@H]2C(=O)O)ccc1C(F)(F)F. The van der Waals surface area contributed by atoms with Gasteiger partial charge in [-0.05, 0) is 73.2 Å². The first-order chi connectivity index (χ1) is 17.6. The van der Waals surface area contributed by atoms with Gasteiger partial charge in [-0.25, -0.2) is 4.98 Å². The molecule has 1 aromatic heterocycles. The molecule has 1 heterocycles. The van der Waals surface area contributed by atoms with Crippen LogP contribution in [0.5, 0.6) is 11.6 Å². The second-order valence-corrected chi connectivity index (χ2v) is 8.94. The van der Waals surface area contributed by atoms with E-state index >= 15 is 0 Å². The fourth-order valence-corrected chi connectivity index (χ4v) is 4.26. The van der Waals surface area contributed by atoms with Gasteiger partial charge in [0.25, 0.3) is 5.91 Å². The van der Waals surface area contributed by atoms with Crippen LogP contribution in [0.3, 0.4) is 0 Å². The van der Waals surface area contributed by atoms with E-state index in [-0.39, 0.29) is 23.6 Å². The maximum Gasteiger partial charge on any atom is 0.433 e. The summed E-state index contributed by atoms with van der Waals surface area (Å²) in [5.74, 6) is -3.29. The molecule has 4 rings (SSSR count). The minimum Gasteiger partial charge on any atom is -0.481 e. The number of hydrogen-bond donors (Lipinski definition) is 2. The van der Waals surface area contributed by atoms with Crippen LogP contribution in [0.4, 0.5) is 32.0 Å². The number of amides is 1. The van der Waals surface area contributed by atoms with E-state index in [9.17, 15) is 35.9 Å². The molecule has 1 fully saturated rings. The Morgan fingerprint density at radius 2 is 1.63 bits per heavy atom. The minimum atomic E-state index is -4.78. The number of anilines is 1. The van der Waals surface area contributed by atoms with Crippen molar-refractivity contribution in [3.8, 4) is 11.6 Å². The number of hydrogen-bond acceptors (Lipinski definition) is 4. The van der Waals surface area contributed by atoms with Gasteiger partial charge in [0.1, 0.15) is 11.4 Å². The highest BCUT2D eigenvalue weighted by Gasteiger charge is 2.45. The van der Waals surface area contributed by atoms with Crippen LogP contribution in [0.15, 0.2) is 48.5 Å². The predicted octanol–water partition coefficient (Wildman–Crippen LogP) is 6.97. The zero-order valence-electron chi connectivity index (χ0n) is 19.9. The maximum atomic E-state index is 13.6. The topological polar surface area (TPSA) is 88.5 Å². The van der Waals surface area contributed by atoms with Crippen molar-refractivity contribution in [1.29, 1.82) is 0 Å². The van der Waals surface area contributed by atoms with Crippen molar-refractivity contribution >= 4 is 17.6 Å². The third-order valence-corrected chi connectivity index (χ3v) is 6.10. The number of alkyl halides is 6. The normalized spacial score (nSPS) is 17.2. The van der Waals surface area contributed by atoms with Gasteiger partial charge in [0.05, 0.1) is 17.2 Å². The first-order valence-corrected chi connectivity index (χ1v) is 11.2. The zero-order valence-corrected chi connectivity index (χ0v) is 19.9. The average Bonchev–Trinajstić information content (AvgIpc) is 3.59. The van der Waals surface area contributed by atoms with Gasteiger partial charge in [0.15, 0.2) is 0 Å². The van der Waals surface area contributed by atoms with Crippen LogP contribution < -0.4 is 10.1 Å². The van der Waals surface area contributed by atoms with Gasteiger partial charge in [0.2, 0.25) is 5.88 Å². The number of nitrogens with zero attached hydrogens (tertiary/aromatic N) is 1. The Balaban J connectivity index is 1.60. The Labute approximate surface area is 212 Å². The van der Waals surface area contributed by atoms with Crippen molar-refractivity contribution in [2.75, 3.05) is 5.32 Å². The number of aliphatic carboxylic acids is 1. The van der Waals surface area contributed by atoms with Crippen molar-refractivity contribution in [2.24, 2.45) is 5.92 Å². The van der Waals surface area contributed by atoms with Gasteiger partial charge < -0.3 is 15.2 Å². The Morgan fingerprint density at radius 1 is 0.974 bits per heavy atom. The van der Waals surface area contributed by atoms with Crippen molar-refractivity contribution in [3.05, 3.63) is 82.0 Å². The van der Waals surface area contributed by atoms with Gasteiger partial charge in [0, 0.05) is 11.6 Å². The summed E-state index contributed by atoms with van der Waals surface area (Å²) in [6, 6.07) is 8.98. The second kappa shape index (κ2) is 9.66. The van der Waals surface area contributed by atoms with Crippen molar-refractivity contribution in [2.45, 2.75) is 38.5 Å². The first kappa shape index (κ1) is 27.0. The molecule has 3 aromatic rings. The van der Waals surface area contributed by atoms with E-state index in [1.54, 1.807) is 0 Å². The molecule has 0 bridgehead atoms. The van der Waals surface area contributed by atoms with Crippen LogP contribution in [0.25, 0.3) is 0 Å². The highest BCUT2D eigenvalue weighted by molar-refractivity contribution is 6.07. The summed E-state index contributed by atoms with van der Waals surface area (Å²) in [5, 5.41) is 11.4. The Hall–Kier alpha value is -4.09. The third kappa shape index (κ3) is 5.74. The average molecular weight is 538 g/mol. The molecule has 0 saturated heterocycles. The molecule has 6 nitrogen and oxygen atoms in total. The van der Waals surface area contributed by atoms with Gasteiger partial charge in [-0.1, -0.05) is 12.1 Å². The lowest BCUT2D eigenvalue weighted by atomic mass is 10.00. The maximum absolute atomic E-state index is 13.6. The molecule has 0 unspecified atom stereocenters. The zero-order chi connectivity index (χ0) is 28.0. The number of ether oxygens (including phenoxy) is 1. The molecule has 1 aliphatic rings. The summed E-state index contributed by atoms with van der Waals surface area (Å²) in [4.78, 5) is 27.7. The second-order valence-electron chi connectivity index (χ2n) is 8.94. The molecule has 1 amide bonds. The van der Waals surface area contributed by atoms with E-state index in [2.05, 4.69) is 10.3 Å². The number of halogens is 6. The predicted molar refractivity (Wildman–Crippen MR) is 123 cm³/mol. The number of benzene rings is 2. The third-order valence-electron chi connectivity index (χ3n) is 6.10. The number of aromatic nitrogens is 1. The molecule has 38 heavy (non-hydrogen) atoms. The summed E-state index contributed by atoms with van der Waals surface area (Å²) in [5.41, 5.74) is -1.75. The molecule has 1 aliphatic carbocycles. The van der Waals surface area contributed by atoms with Gasteiger partial charge >= 0.3 is 18.3 Å². The van der Waals surface area contributed by atoms with E-state index in [0.29, 0.717) is 16.7 Å². The standard InChI is InChI=1S/C26H20F6N2O4/c1-12-8-15(38-21-5-3-4-20(34-21)26(30,31)32)9-13(2)22(12)23(35)33-19-10-14(16-11-17(16)24(36)37)6-7-18(19)25(27,28)29/h3-10,16-17H,11H2,1-2H3,(H,33,35)(H,36,37)/t16-,17-/m1/s1. The van der Waals surface area contributed by atoms with Crippen molar-refractivity contribution in [3.63, 3.8) is 0 Å². The fraction of sp³-hybridized carbons (Fsp3) is 0.269. The van der Waals surface area contributed by atoms with Crippen LogP contribution >= 0.6 is 0 Å². The molecule has 1 saturated carbocycles. The van der Waals surface area contributed by atoms with Gasteiger partial charge in [-0.3, -0.25) is 9.59 Å². The quantitative estimate of drug-likeness (QED) is 0.331. The first-order valence-electron chi connectivity index (χ1n) is 11.2. The highest BCUT2D eigenvalue weighted by Crippen LogP contribution is 2.49. The molecule has 0 spiro atoms.